The van der Waals surface area contributed by atoms with Gasteiger partial charge in [0, 0.05) is 25.4 Å². The van der Waals surface area contributed by atoms with Crippen molar-refractivity contribution in [2.24, 2.45) is 0 Å². The molecule has 1 unspecified atom stereocenters. The number of fused-ring (bicyclic) bond motifs is 1. The zero-order valence-electron chi connectivity index (χ0n) is 11.8. The van der Waals surface area contributed by atoms with E-state index >= 15 is 0 Å². The lowest BCUT2D eigenvalue weighted by molar-refractivity contribution is -0.143. The standard InChI is InChI=1S/C16H18N2O2S/c19-16(20-11-4-10-18-9-3-8-17-18)15-14-6-2-1-5-13(14)7-12-21-15/h1-3,5-6,8-9,15H,4,7,10-12H2. The van der Waals surface area contributed by atoms with Gasteiger partial charge in [0.25, 0.3) is 0 Å². The first kappa shape index (κ1) is 14.2. The van der Waals surface area contributed by atoms with Crippen molar-refractivity contribution in [3.63, 3.8) is 0 Å². The Labute approximate surface area is 128 Å². The number of ether oxygens (including phenoxy) is 1. The van der Waals surface area contributed by atoms with Gasteiger partial charge in [0.2, 0.25) is 0 Å². The Hall–Kier alpha value is -1.75. The Morgan fingerprint density at radius 2 is 2.29 bits per heavy atom. The topological polar surface area (TPSA) is 44.1 Å². The molecule has 0 radical (unpaired) electrons. The number of carbonyl (C=O) groups is 1. The molecule has 0 amide bonds. The average Bonchev–Trinajstić information content (AvgIpc) is 3.04. The third kappa shape index (κ3) is 3.47. The number of hydrogen-bond donors (Lipinski definition) is 0. The molecule has 1 aliphatic rings. The van der Waals surface area contributed by atoms with Gasteiger partial charge in [-0.05, 0) is 29.4 Å². The smallest absolute Gasteiger partial charge is 0.323 e. The molecule has 1 aliphatic heterocycles. The summed E-state index contributed by atoms with van der Waals surface area (Å²) in [6, 6.07) is 10.1. The van der Waals surface area contributed by atoms with E-state index in [0.717, 1.165) is 30.7 Å². The van der Waals surface area contributed by atoms with Crippen molar-refractivity contribution in [3.05, 3.63) is 53.9 Å². The number of carbonyl (C=O) groups excluding carboxylic acids is 1. The van der Waals surface area contributed by atoms with Crippen LogP contribution in [0.5, 0.6) is 0 Å². The van der Waals surface area contributed by atoms with Crippen LogP contribution in [0.25, 0.3) is 0 Å². The van der Waals surface area contributed by atoms with E-state index in [0.29, 0.717) is 6.61 Å². The first-order valence-electron chi connectivity index (χ1n) is 7.18. The quantitative estimate of drug-likeness (QED) is 0.629. The molecule has 0 fully saturated rings. The maximum Gasteiger partial charge on any atom is 0.323 e. The van der Waals surface area contributed by atoms with E-state index in [1.807, 2.05) is 35.1 Å². The summed E-state index contributed by atoms with van der Waals surface area (Å²) in [4.78, 5) is 12.3. The summed E-state index contributed by atoms with van der Waals surface area (Å²) in [6.45, 7) is 1.21. The summed E-state index contributed by atoms with van der Waals surface area (Å²) in [5, 5.41) is 3.96. The van der Waals surface area contributed by atoms with E-state index in [4.69, 9.17) is 4.74 Å². The second kappa shape index (κ2) is 6.80. The van der Waals surface area contributed by atoms with E-state index < -0.39 is 0 Å². The highest BCUT2D eigenvalue weighted by Gasteiger charge is 2.27. The molecule has 0 saturated carbocycles. The van der Waals surface area contributed by atoms with Crippen LogP contribution in [0.4, 0.5) is 0 Å². The van der Waals surface area contributed by atoms with E-state index in [1.54, 1.807) is 18.0 Å². The SMILES string of the molecule is O=C(OCCCn1cccn1)C1SCCc2ccccc21. The molecule has 0 bridgehead atoms. The van der Waals surface area contributed by atoms with Gasteiger partial charge >= 0.3 is 5.97 Å². The van der Waals surface area contributed by atoms with Gasteiger partial charge in [-0.1, -0.05) is 24.3 Å². The van der Waals surface area contributed by atoms with Crippen molar-refractivity contribution in [3.8, 4) is 0 Å². The molecule has 0 N–H and O–H groups in total. The predicted molar refractivity (Wildman–Crippen MR) is 83.1 cm³/mol. The van der Waals surface area contributed by atoms with Crippen LogP contribution in [0, 0.1) is 0 Å². The van der Waals surface area contributed by atoms with E-state index in [2.05, 4.69) is 11.2 Å². The lowest BCUT2D eigenvalue weighted by Gasteiger charge is -2.23. The molecular formula is C16H18N2O2S. The molecule has 2 heterocycles. The van der Waals surface area contributed by atoms with Gasteiger partial charge in [0.05, 0.1) is 6.61 Å². The monoisotopic (exact) mass is 302 g/mol. The van der Waals surface area contributed by atoms with Crippen molar-refractivity contribution in [1.29, 1.82) is 0 Å². The second-order valence-corrected chi connectivity index (χ2v) is 6.20. The minimum atomic E-state index is -0.167. The molecule has 5 heteroatoms. The van der Waals surface area contributed by atoms with Crippen LogP contribution in [0.3, 0.4) is 0 Å². The minimum Gasteiger partial charge on any atom is -0.465 e. The van der Waals surface area contributed by atoms with Crippen LogP contribution in [0.2, 0.25) is 0 Å². The van der Waals surface area contributed by atoms with Crippen LogP contribution < -0.4 is 0 Å². The molecule has 1 aromatic carbocycles. The van der Waals surface area contributed by atoms with Crippen molar-refractivity contribution in [2.75, 3.05) is 12.4 Å². The van der Waals surface area contributed by atoms with Gasteiger partial charge in [0.1, 0.15) is 5.25 Å². The normalized spacial score (nSPS) is 17.2. The van der Waals surface area contributed by atoms with Crippen molar-refractivity contribution in [1.82, 2.24) is 9.78 Å². The van der Waals surface area contributed by atoms with Crippen molar-refractivity contribution >= 4 is 17.7 Å². The molecule has 0 aliphatic carbocycles. The summed E-state index contributed by atoms with van der Waals surface area (Å²) in [6.07, 6.45) is 5.48. The van der Waals surface area contributed by atoms with Gasteiger partial charge in [0.15, 0.2) is 0 Å². The second-order valence-electron chi connectivity index (χ2n) is 4.99. The maximum absolute atomic E-state index is 12.3. The fourth-order valence-corrected chi connectivity index (χ4v) is 3.68. The Bertz CT molecular complexity index is 598. The minimum absolute atomic E-state index is 0.118. The molecular weight excluding hydrogens is 284 g/mol. The Morgan fingerprint density at radius 3 is 3.14 bits per heavy atom. The van der Waals surface area contributed by atoms with E-state index in [-0.39, 0.29) is 11.2 Å². The molecule has 21 heavy (non-hydrogen) atoms. The molecule has 2 aromatic rings. The van der Waals surface area contributed by atoms with Gasteiger partial charge in [-0.2, -0.15) is 5.10 Å². The first-order valence-corrected chi connectivity index (χ1v) is 8.23. The third-order valence-electron chi connectivity index (χ3n) is 3.54. The third-order valence-corrected chi connectivity index (χ3v) is 4.76. The fourth-order valence-electron chi connectivity index (χ4n) is 2.50. The van der Waals surface area contributed by atoms with Crippen molar-refractivity contribution < 1.29 is 9.53 Å². The number of hydrogen-bond acceptors (Lipinski definition) is 4. The van der Waals surface area contributed by atoms with Gasteiger partial charge < -0.3 is 4.74 Å². The molecule has 4 nitrogen and oxygen atoms in total. The van der Waals surface area contributed by atoms with Crippen LogP contribution in [-0.4, -0.2) is 28.1 Å². The molecule has 1 atom stereocenters. The molecule has 110 valence electrons. The van der Waals surface area contributed by atoms with Crippen LogP contribution in [0.1, 0.15) is 22.8 Å². The highest BCUT2D eigenvalue weighted by molar-refractivity contribution is 8.00. The zero-order valence-corrected chi connectivity index (χ0v) is 12.6. The van der Waals surface area contributed by atoms with Crippen LogP contribution in [-0.2, 0) is 22.5 Å². The number of benzene rings is 1. The maximum atomic E-state index is 12.3. The lowest BCUT2D eigenvalue weighted by Crippen LogP contribution is -2.19. The lowest BCUT2D eigenvalue weighted by atomic mass is 10.0. The molecule has 0 spiro atoms. The number of thioether (sulfide) groups is 1. The van der Waals surface area contributed by atoms with Gasteiger partial charge in [-0.3, -0.25) is 9.48 Å². The Balaban J connectivity index is 1.52. The molecule has 3 rings (SSSR count). The summed E-state index contributed by atoms with van der Waals surface area (Å²) in [5.41, 5.74) is 2.39. The Morgan fingerprint density at radius 1 is 1.38 bits per heavy atom. The molecule has 1 aromatic heterocycles. The number of esters is 1. The predicted octanol–water partition coefficient (Wildman–Crippen LogP) is 2.85. The number of nitrogens with zero attached hydrogens (tertiary/aromatic N) is 2. The highest BCUT2D eigenvalue weighted by atomic mass is 32.2. The van der Waals surface area contributed by atoms with Gasteiger partial charge in [-0.25, -0.2) is 0 Å². The van der Waals surface area contributed by atoms with Crippen LogP contribution >= 0.6 is 11.8 Å². The van der Waals surface area contributed by atoms with Gasteiger partial charge in [-0.15, -0.1) is 11.8 Å². The summed E-state index contributed by atoms with van der Waals surface area (Å²) in [7, 11) is 0. The van der Waals surface area contributed by atoms with E-state index in [1.165, 1.54) is 5.56 Å². The Kier molecular flexibility index (Phi) is 4.60. The zero-order chi connectivity index (χ0) is 14.5. The highest BCUT2D eigenvalue weighted by Crippen LogP contribution is 2.37. The largest absolute Gasteiger partial charge is 0.465 e. The summed E-state index contributed by atoms with van der Waals surface area (Å²) in [5.74, 6) is 0.858. The summed E-state index contributed by atoms with van der Waals surface area (Å²) < 4.78 is 7.28. The van der Waals surface area contributed by atoms with Crippen LogP contribution in [0.15, 0.2) is 42.7 Å². The average molecular weight is 302 g/mol. The van der Waals surface area contributed by atoms with Crippen molar-refractivity contribution in [2.45, 2.75) is 24.6 Å². The number of rotatable bonds is 5. The summed E-state index contributed by atoms with van der Waals surface area (Å²) >= 11 is 1.68. The number of aromatic nitrogens is 2. The van der Waals surface area contributed by atoms with E-state index in [9.17, 15) is 4.79 Å². The number of aryl methyl sites for hydroxylation is 2. The fraction of sp³-hybridized carbons (Fsp3) is 0.375. The first-order chi connectivity index (χ1) is 10.3. The molecule has 0 saturated heterocycles.